The SMILES string of the molecule is O=C1CN(c2c(O)cc3c(c2F)CC(NCc2ccccn2)CC3)S(=O)(=O)N1. The van der Waals surface area contributed by atoms with E-state index in [1.165, 1.54) is 6.07 Å². The molecule has 1 aromatic carbocycles. The van der Waals surface area contributed by atoms with Gasteiger partial charge in [-0.3, -0.25) is 9.78 Å². The van der Waals surface area contributed by atoms with Gasteiger partial charge in [0.1, 0.15) is 18.0 Å². The number of benzene rings is 1. The Hall–Kier alpha value is -2.72. The van der Waals surface area contributed by atoms with E-state index in [0.717, 1.165) is 12.1 Å². The number of rotatable bonds is 4. The van der Waals surface area contributed by atoms with Crippen LogP contribution in [0, 0.1) is 5.82 Å². The molecule has 2 aromatic rings. The molecule has 1 saturated heterocycles. The van der Waals surface area contributed by atoms with E-state index in [0.29, 0.717) is 34.8 Å². The molecule has 3 N–H and O–H groups in total. The van der Waals surface area contributed by atoms with Crippen LogP contribution in [0.15, 0.2) is 30.5 Å². The summed E-state index contributed by atoms with van der Waals surface area (Å²) in [6, 6.07) is 6.98. The molecule has 0 saturated carbocycles. The lowest BCUT2D eigenvalue weighted by atomic mass is 9.87. The molecular weight excluding hydrogens is 387 g/mol. The average Bonchev–Trinajstić information content (AvgIpc) is 2.93. The van der Waals surface area contributed by atoms with Gasteiger partial charge in [0.05, 0.1) is 5.69 Å². The topological polar surface area (TPSA) is 112 Å². The average molecular weight is 406 g/mol. The lowest BCUT2D eigenvalue weighted by Gasteiger charge is -2.28. The lowest BCUT2D eigenvalue weighted by Crippen LogP contribution is -2.35. The molecule has 1 aromatic heterocycles. The Morgan fingerprint density at radius 3 is 2.89 bits per heavy atom. The molecular formula is C18H19FN4O4S. The molecule has 0 bridgehead atoms. The third-order valence-corrected chi connectivity index (χ3v) is 6.37. The van der Waals surface area contributed by atoms with Crippen LogP contribution in [0.5, 0.6) is 5.75 Å². The maximum Gasteiger partial charge on any atom is 0.326 e. The number of phenols is 1. The highest BCUT2D eigenvalue weighted by molar-refractivity contribution is 7.92. The zero-order chi connectivity index (χ0) is 19.9. The van der Waals surface area contributed by atoms with Crippen LogP contribution in [-0.2, 0) is 34.4 Å². The molecule has 2 aliphatic rings. The molecule has 2 heterocycles. The molecule has 1 atom stereocenters. The highest BCUT2D eigenvalue weighted by atomic mass is 32.2. The van der Waals surface area contributed by atoms with Gasteiger partial charge >= 0.3 is 10.2 Å². The number of anilines is 1. The molecule has 0 radical (unpaired) electrons. The van der Waals surface area contributed by atoms with E-state index >= 15 is 4.39 Å². The van der Waals surface area contributed by atoms with Crippen LogP contribution >= 0.6 is 0 Å². The number of hydrogen-bond donors (Lipinski definition) is 3. The number of pyridine rings is 1. The summed E-state index contributed by atoms with van der Waals surface area (Å²) in [5.74, 6) is -2.07. The van der Waals surface area contributed by atoms with Crippen LogP contribution in [0.3, 0.4) is 0 Å². The molecule has 1 aliphatic carbocycles. The number of aromatic nitrogens is 1. The number of hydrogen-bond acceptors (Lipinski definition) is 6. The zero-order valence-corrected chi connectivity index (χ0v) is 15.7. The molecule has 148 valence electrons. The number of carbonyl (C=O) groups is 1. The van der Waals surface area contributed by atoms with Crippen LogP contribution in [0.4, 0.5) is 10.1 Å². The van der Waals surface area contributed by atoms with Crippen molar-refractivity contribution in [2.45, 2.75) is 31.8 Å². The second-order valence-electron chi connectivity index (χ2n) is 6.87. The predicted molar refractivity (Wildman–Crippen MR) is 99.4 cm³/mol. The summed E-state index contributed by atoms with van der Waals surface area (Å²) in [7, 11) is -4.21. The van der Waals surface area contributed by atoms with Crippen molar-refractivity contribution in [2.24, 2.45) is 0 Å². The second-order valence-corrected chi connectivity index (χ2v) is 8.47. The molecule has 1 amide bonds. The van der Waals surface area contributed by atoms with Crippen LogP contribution in [0.1, 0.15) is 23.2 Å². The van der Waals surface area contributed by atoms with Crippen LogP contribution in [0.25, 0.3) is 0 Å². The Morgan fingerprint density at radius 1 is 1.39 bits per heavy atom. The number of aromatic hydroxyl groups is 1. The van der Waals surface area contributed by atoms with Gasteiger partial charge in [0, 0.05) is 18.8 Å². The summed E-state index contributed by atoms with van der Waals surface area (Å²) >= 11 is 0. The molecule has 4 rings (SSSR count). The number of aryl methyl sites for hydroxylation is 1. The summed E-state index contributed by atoms with van der Waals surface area (Å²) in [4.78, 5) is 15.7. The molecule has 1 fully saturated rings. The van der Waals surface area contributed by atoms with E-state index in [1.54, 1.807) is 10.9 Å². The van der Waals surface area contributed by atoms with Crippen molar-refractivity contribution in [2.75, 3.05) is 10.8 Å². The molecule has 10 heteroatoms. The van der Waals surface area contributed by atoms with Gasteiger partial charge in [-0.1, -0.05) is 6.07 Å². The first-order valence-electron chi connectivity index (χ1n) is 8.85. The lowest BCUT2D eigenvalue weighted by molar-refractivity contribution is -0.117. The maximum atomic E-state index is 15.2. The van der Waals surface area contributed by atoms with E-state index < -0.39 is 39.9 Å². The Kier molecular flexibility index (Phi) is 4.68. The van der Waals surface area contributed by atoms with Crippen LogP contribution < -0.4 is 14.3 Å². The molecule has 0 spiro atoms. The van der Waals surface area contributed by atoms with Crippen LogP contribution in [-0.4, -0.2) is 37.0 Å². The first-order chi connectivity index (χ1) is 13.3. The Labute approximate surface area is 161 Å². The van der Waals surface area contributed by atoms with Gasteiger partial charge in [0.15, 0.2) is 5.82 Å². The normalized spacial score (nSPS) is 20.7. The van der Waals surface area contributed by atoms with E-state index in [4.69, 9.17) is 0 Å². The first-order valence-corrected chi connectivity index (χ1v) is 10.3. The third kappa shape index (κ3) is 3.40. The van der Waals surface area contributed by atoms with Gasteiger partial charge < -0.3 is 10.4 Å². The standard InChI is InChI=1S/C18H19FN4O4S/c19-17-14-8-12(21-9-13-3-1-2-6-20-13)5-4-11(14)7-15(24)18(17)23-10-16(25)22-28(23,26)27/h1-3,6-7,12,21,24H,4-5,8-10H2,(H,22,25). The number of nitrogens with zero attached hydrogens (tertiary/aromatic N) is 2. The predicted octanol–water partition coefficient (Wildman–Crippen LogP) is 0.754. The number of amides is 1. The molecule has 1 aliphatic heterocycles. The zero-order valence-electron chi connectivity index (χ0n) is 14.9. The van der Waals surface area contributed by atoms with Gasteiger partial charge in [0.2, 0.25) is 0 Å². The number of halogens is 1. The largest absolute Gasteiger partial charge is 0.506 e. The third-order valence-electron chi connectivity index (χ3n) is 4.99. The minimum Gasteiger partial charge on any atom is -0.506 e. The van der Waals surface area contributed by atoms with Gasteiger partial charge in [-0.15, -0.1) is 0 Å². The van der Waals surface area contributed by atoms with Crippen molar-refractivity contribution in [1.29, 1.82) is 0 Å². The van der Waals surface area contributed by atoms with E-state index in [9.17, 15) is 18.3 Å². The maximum absolute atomic E-state index is 15.2. The number of phenolic OH excluding ortho intramolecular Hbond substituents is 1. The quantitative estimate of drug-likeness (QED) is 0.691. The van der Waals surface area contributed by atoms with E-state index in [1.807, 2.05) is 18.2 Å². The van der Waals surface area contributed by atoms with Crippen molar-refractivity contribution < 1.29 is 22.7 Å². The minimum absolute atomic E-state index is 0.0173. The van der Waals surface area contributed by atoms with Gasteiger partial charge in [-0.05, 0) is 48.6 Å². The van der Waals surface area contributed by atoms with E-state index in [2.05, 4.69) is 10.3 Å². The Bertz CT molecular complexity index is 1030. The van der Waals surface area contributed by atoms with Crippen LogP contribution in [0.2, 0.25) is 0 Å². The summed E-state index contributed by atoms with van der Waals surface area (Å²) in [5, 5.41) is 13.6. The number of nitrogens with one attached hydrogen (secondary N) is 2. The highest BCUT2D eigenvalue weighted by Gasteiger charge is 2.39. The smallest absolute Gasteiger partial charge is 0.326 e. The summed E-state index contributed by atoms with van der Waals surface area (Å²) in [5.41, 5.74) is 1.38. The number of carbonyl (C=O) groups excluding carboxylic acids is 1. The van der Waals surface area contributed by atoms with Crippen molar-refractivity contribution >= 4 is 21.8 Å². The van der Waals surface area contributed by atoms with Gasteiger partial charge in [-0.2, -0.15) is 8.42 Å². The fraction of sp³-hybridized carbons (Fsp3) is 0.333. The second kappa shape index (κ2) is 7.02. The van der Waals surface area contributed by atoms with Crippen molar-refractivity contribution in [3.05, 3.63) is 53.1 Å². The molecule has 28 heavy (non-hydrogen) atoms. The van der Waals surface area contributed by atoms with E-state index in [-0.39, 0.29) is 6.04 Å². The molecule has 8 nitrogen and oxygen atoms in total. The summed E-state index contributed by atoms with van der Waals surface area (Å²) in [6.07, 6.45) is 3.34. The highest BCUT2D eigenvalue weighted by Crippen LogP contribution is 2.39. The van der Waals surface area contributed by atoms with Crippen molar-refractivity contribution in [3.8, 4) is 5.75 Å². The fourth-order valence-electron chi connectivity index (χ4n) is 3.65. The summed E-state index contributed by atoms with van der Waals surface area (Å²) in [6.45, 7) is -0.0285. The minimum atomic E-state index is -4.21. The number of fused-ring (bicyclic) bond motifs is 1. The monoisotopic (exact) mass is 406 g/mol. The molecule has 1 unspecified atom stereocenters. The van der Waals surface area contributed by atoms with Crippen molar-refractivity contribution in [1.82, 2.24) is 15.0 Å². The fourth-order valence-corrected chi connectivity index (χ4v) is 4.81. The van der Waals surface area contributed by atoms with Gasteiger partial charge in [0.25, 0.3) is 5.91 Å². The first kappa shape index (κ1) is 18.6. The Morgan fingerprint density at radius 2 is 2.21 bits per heavy atom. The Balaban J connectivity index is 1.60. The van der Waals surface area contributed by atoms with Crippen molar-refractivity contribution in [3.63, 3.8) is 0 Å². The van der Waals surface area contributed by atoms with Gasteiger partial charge in [-0.25, -0.2) is 13.4 Å². The summed E-state index contributed by atoms with van der Waals surface area (Å²) < 4.78 is 41.7.